The fraction of sp³-hybridized carbons (Fsp3) is 0.200. The van der Waals surface area contributed by atoms with Gasteiger partial charge in [-0.3, -0.25) is 10.7 Å². The summed E-state index contributed by atoms with van der Waals surface area (Å²) in [6.45, 7) is 0.890. The molecule has 0 aliphatic carbocycles. The van der Waals surface area contributed by atoms with E-state index in [1.54, 1.807) is 11.8 Å². The van der Waals surface area contributed by atoms with Gasteiger partial charge in [0.1, 0.15) is 0 Å². The van der Waals surface area contributed by atoms with Crippen LogP contribution in [0.5, 0.6) is 0 Å². The summed E-state index contributed by atoms with van der Waals surface area (Å²) in [4.78, 5) is 4.33. The second kappa shape index (κ2) is 7.13. The van der Waals surface area contributed by atoms with Crippen LogP contribution in [0.25, 0.3) is 0 Å². The van der Waals surface area contributed by atoms with Crippen molar-refractivity contribution < 1.29 is 5.21 Å². The number of halogens is 1. The molecule has 2 aromatic carbocycles. The van der Waals surface area contributed by atoms with Gasteiger partial charge in [0, 0.05) is 20.8 Å². The summed E-state index contributed by atoms with van der Waals surface area (Å²) in [6.07, 6.45) is 0. The van der Waals surface area contributed by atoms with Crippen LogP contribution >= 0.6 is 27.7 Å². The fourth-order valence-corrected chi connectivity index (χ4v) is 3.23. The Morgan fingerprint density at radius 2 is 1.90 bits per heavy atom. The molecule has 0 amide bonds. The minimum Gasteiger partial charge on any atom is -0.305 e. The predicted molar refractivity (Wildman–Crippen MR) is 87.5 cm³/mol. The molecule has 2 rings (SSSR count). The Kier molecular flexibility index (Phi) is 5.48. The molecule has 0 atom stereocenters. The van der Waals surface area contributed by atoms with Crippen LogP contribution in [0, 0.1) is 0 Å². The SMILES string of the molecule is CN(C)Cc1ccccc1Sc1ccc(Br)cc1NO. The lowest BCUT2D eigenvalue weighted by atomic mass is 10.2. The largest absolute Gasteiger partial charge is 0.305 e. The first-order valence-electron chi connectivity index (χ1n) is 6.20. The van der Waals surface area contributed by atoms with Crippen LogP contribution in [-0.4, -0.2) is 24.2 Å². The third kappa shape index (κ3) is 3.99. The van der Waals surface area contributed by atoms with Gasteiger partial charge >= 0.3 is 0 Å². The molecule has 0 radical (unpaired) electrons. The highest BCUT2D eigenvalue weighted by atomic mass is 79.9. The number of nitrogens with one attached hydrogen (secondary N) is 1. The second-order valence-corrected chi connectivity index (χ2v) is 6.70. The molecular formula is C15H17BrN2OS. The van der Waals surface area contributed by atoms with E-state index in [0.29, 0.717) is 5.69 Å². The highest BCUT2D eigenvalue weighted by Gasteiger charge is 2.08. The summed E-state index contributed by atoms with van der Waals surface area (Å²) >= 11 is 5.05. The molecule has 2 N–H and O–H groups in total. The Balaban J connectivity index is 2.30. The van der Waals surface area contributed by atoms with Gasteiger partial charge in [-0.15, -0.1) is 0 Å². The quantitative estimate of drug-likeness (QED) is 0.778. The van der Waals surface area contributed by atoms with Crippen molar-refractivity contribution in [2.45, 2.75) is 16.3 Å². The number of rotatable bonds is 5. The number of anilines is 1. The van der Waals surface area contributed by atoms with Crippen LogP contribution in [0.15, 0.2) is 56.7 Å². The Morgan fingerprint density at radius 3 is 2.60 bits per heavy atom. The smallest absolute Gasteiger partial charge is 0.0752 e. The number of nitrogens with zero attached hydrogens (tertiary/aromatic N) is 1. The van der Waals surface area contributed by atoms with Crippen molar-refractivity contribution in [1.29, 1.82) is 0 Å². The minimum absolute atomic E-state index is 0.698. The monoisotopic (exact) mass is 352 g/mol. The molecule has 0 aliphatic heterocycles. The maximum atomic E-state index is 9.24. The van der Waals surface area contributed by atoms with Crippen molar-refractivity contribution in [3.05, 3.63) is 52.5 Å². The van der Waals surface area contributed by atoms with E-state index in [1.807, 2.05) is 24.3 Å². The van der Waals surface area contributed by atoms with Crippen LogP contribution in [0.4, 0.5) is 5.69 Å². The Bertz CT molecular complexity index is 590. The molecule has 0 heterocycles. The maximum absolute atomic E-state index is 9.24. The molecule has 0 saturated carbocycles. The van der Waals surface area contributed by atoms with Crippen LogP contribution in [0.1, 0.15) is 5.56 Å². The van der Waals surface area contributed by atoms with Crippen LogP contribution < -0.4 is 5.48 Å². The molecule has 0 unspecified atom stereocenters. The van der Waals surface area contributed by atoms with E-state index >= 15 is 0 Å². The summed E-state index contributed by atoms with van der Waals surface area (Å²) in [5.74, 6) is 0. The molecule has 0 aromatic heterocycles. The van der Waals surface area contributed by atoms with E-state index in [0.717, 1.165) is 15.9 Å². The van der Waals surface area contributed by atoms with Crippen LogP contribution in [0.3, 0.4) is 0 Å². The van der Waals surface area contributed by atoms with Crippen molar-refractivity contribution in [1.82, 2.24) is 4.90 Å². The zero-order valence-electron chi connectivity index (χ0n) is 11.4. The topological polar surface area (TPSA) is 35.5 Å². The third-order valence-electron chi connectivity index (χ3n) is 2.74. The Labute approximate surface area is 132 Å². The standard InChI is InChI=1S/C15H17BrN2OS/c1-18(2)10-11-5-3-4-6-14(11)20-15-8-7-12(16)9-13(15)17-19/h3-9,17,19H,10H2,1-2H3. The van der Waals surface area contributed by atoms with E-state index in [2.05, 4.69) is 58.6 Å². The molecular weight excluding hydrogens is 336 g/mol. The van der Waals surface area contributed by atoms with Crippen molar-refractivity contribution in [2.24, 2.45) is 0 Å². The van der Waals surface area contributed by atoms with Gasteiger partial charge in [0.05, 0.1) is 5.69 Å². The first kappa shape index (κ1) is 15.4. The van der Waals surface area contributed by atoms with Gasteiger partial charge in [0.2, 0.25) is 0 Å². The zero-order chi connectivity index (χ0) is 14.5. The first-order valence-corrected chi connectivity index (χ1v) is 7.81. The van der Waals surface area contributed by atoms with E-state index in [1.165, 1.54) is 10.5 Å². The van der Waals surface area contributed by atoms with Crippen LogP contribution in [0.2, 0.25) is 0 Å². The predicted octanol–water partition coefficient (Wildman–Crippen LogP) is 4.46. The molecule has 20 heavy (non-hydrogen) atoms. The van der Waals surface area contributed by atoms with Crippen LogP contribution in [-0.2, 0) is 6.54 Å². The van der Waals surface area contributed by atoms with Crippen molar-refractivity contribution >= 4 is 33.4 Å². The van der Waals surface area contributed by atoms with Gasteiger partial charge in [-0.1, -0.05) is 45.9 Å². The lowest BCUT2D eigenvalue weighted by molar-refractivity contribution is 0.387. The van der Waals surface area contributed by atoms with Gasteiger partial charge in [-0.05, 0) is 43.9 Å². The molecule has 0 fully saturated rings. The van der Waals surface area contributed by atoms with Crippen molar-refractivity contribution in [3.63, 3.8) is 0 Å². The Hall–Kier alpha value is -1.01. The van der Waals surface area contributed by atoms with Gasteiger partial charge in [-0.25, -0.2) is 0 Å². The van der Waals surface area contributed by atoms with E-state index in [4.69, 9.17) is 0 Å². The fourth-order valence-electron chi connectivity index (χ4n) is 1.87. The zero-order valence-corrected chi connectivity index (χ0v) is 13.8. The molecule has 0 saturated heterocycles. The highest BCUT2D eigenvalue weighted by Crippen LogP contribution is 2.36. The first-order chi connectivity index (χ1) is 9.60. The van der Waals surface area contributed by atoms with Gasteiger partial charge in [0.25, 0.3) is 0 Å². The van der Waals surface area contributed by atoms with E-state index in [-0.39, 0.29) is 0 Å². The summed E-state index contributed by atoms with van der Waals surface area (Å²) in [5.41, 5.74) is 4.23. The molecule has 0 aliphatic rings. The lowest BCUT2D eigenvalue weighted by Crippen LogP contribution is -2.11. The molecule has 0 bridgehead atoms. The molecule has 106 valence electrons. The van der Waals surface area contributed by atoms with Gasteiger partial charge in [0.15, 0.2) is 0 Å². The Morgan fingerprint density at radius 1 is 1.15 bits per heavy atom. The molecule has 2 aromatic rings. The summed E-state index contributed by atoms with van der Waals surface area (Å²) in [5, 5.41) is 9.24. The van der Waals surface area contributed by atoms with E-state index in [9.17, 15) is 5.21 Å². The van der Waals surface area contributed by atoms with E-state index < -0.39 is 0 Å². The summed E-state index contributed by atoms with van der Waals surface area (Å²) in [7, 11) is 4.11. The van der Waals surface area contributed by atoms with Crippen molar-refractivity contribution in [2.75, 3.05) is 19.6 Å². The number of hydrogen-bond acceptors (Lipinski definition) is 4. The lowest BCUT2D eigenvalue weighted by Gasteiger charge is -2.15. The normalized spacial score (nSPS) is 10.8. The summed E-state index contributed by atoms with van der Waals surface area (Å²) in [6, 6.07) is 14.1. The van der Waals surface area contributed by atoms with Crippen molar-refractivity contribution in [3.8, 4) is 0 Å². The number of hydrogen-bond donors (Lipinski definition) is 2. The minimum atomic E-state index is 0.698. The third-order valence-corrected chi connectivity index (χ3v) is 4.43. The average molecular weight is 353 g/mol. The second-order valence-electron chi connectivity index (χ2n) is 4.70. The molecule has 3 nitrogen and oxygen atoms in total. The molecule has 5 heteroatoms. The molecule has 0 spiro atoms. The average Bonchev–Trinajstić information content (AvgIpc) is 2.42. The summed E-state index contributed by atoms with van der Waals surface area (Å²) < 4.78 is 0.931. The van der Waals surface area contributed by atoms with Gasteiger partial charge in [-0.2, -0.15) is 0 Å². The number of benzene rings is 2. The van der Waals surface area contributed by atoms with Gasteiger partial charge < -0.3 is 4.90 Å². The highest BCUT2D eigenvalue weighted by molar-refractivity contribution is 9.10. The maximum Gasteiger partial charge on any atom is 0.0752 e.